The highest BCUT2D eigenvalue weighted by Gasteiger charge is 2.32. The van der Waals surface area contributed by atoms with Crippen LogP contribution < -0.4 is 0 Å². The first-order valence-electron chi connectivity index (χ1n) is 13.3. The van der Waals surface area contributed by atoms with Crippen molar-refractivity contribution >= 4 is 17.8 Å². The van der Waals surface area contributed by atoms with E-state index in [9.17, 15) is 19.5 Å². The molecule has 4 rings (SSSR count). The van der Waals surface area contributed by atoms with Crippen LogP contribution in [0.1, 0.15) is 51.2 Å². The number of aryl methyl sites for hydroxylation is 1. The molecule has 1 aromatic heterocycles. The Morgan fingerprint density at radius 2 is 1.80 bits per heavy atom. The summed E-state index contributed by atoms with van der Waals surface area (Å²) in [6.45, 7) is 8.08. The first kappa shape index (κ1) is 28.9. The fourth-order valence-corrected chi connectivity index (χ4v) is 4.66. The van der Waals surface area contributed by atoms with Gasteiger partial charge in [0.05, 0.1) is 11.5 Å². The average molecular weight is 552 g/mol. The van der Waals surface area contributed by atoms with Crippen molar-refractivity contribution in [2.45, 2.75) is 59.0 Å². The molecule has 1 aliphatic rings. The zero-order valence-corrected chi connectivity index (χ0v) is 23.1. The number of carboxylic acids is 1. The van der Waals surface area contributed by atoms with Crippen molar-refractivity contribution in [3.8, 4) is 22.8 Å². The number of carbonyl (C=O) groups is 3. The number of aromatic nitrogens is 2. The lowest BCUT2D eigenvalue weighted by Gasteiger charge is -2.33. The van der Waals surface area contributed by atoms with Gasteiger partial charge in [0.1, 0.15) is 17.2 Å². The Kier molecular flexibility index (Phi) is 8.66. The van der Waals surface area contributed by atoms with Gasteiger partial charge in [-0.05, 0) is 76.8 Å². The lowest BCUT2D eigenvalue weighted by molar-refractivity contribution is -0.144. The fraction of sp³-hybridized carbons (Fsp3) is 0.433. The van der Waals surface area contributed by atoms with Crippen LogP contribution in [0, 0.1) is 24.6 Å². The van der Waals surface area contributed by atoms with E-state index in [1.165, 1.54) is 12.1 Å². The number of piperidine rings is 1. The highest BCUT2D eigenvalue weighted by molar-refractivity contribution is 5.86. The van der Waals surface area contributed by atoms with E-state index in [-0.39, 0.29) is 41.8 Å². The molecule has 0 spiro atoms. The zero-order valence-electron chi connectivity index (χ0n) is 23.1. The van der Waals surface area contributed by atoms with Crippen LogP contribution in [-0.2, 0) is 20.7 Å². The summed E-state index contributed by atoms with van der Waals surface area (Å²) in [5, 5.41) is 13.7. The van der Waals surface area contributed by atoms with Crippen molar-refractivity contribution in [1.29, 1.82) is 0 Å². The molecule has 1 fully saturated rings. The van der Waals surface area contributed by atoms with Crippen LogP contribution in [0.2, 0.25) is 0 Å². The molecule has 0 aliphatic carbocycles. The van der Waals surface area contributed by atoms with E-state index >= 15 is 4.39 Å². The Bertz CT molecular complexity index is 1370. The van der Waals surface area contributed by atoms with Gasteiger partial charge >= 0.3 is 12.1 Å². The second-order valence-electron chi connectivity index (χ2n) is 11.3. The first-order chi connectivity index (χ1) is 18.9. The van der Waals surface area contributed by atoms with E-state index in [1.807, 2.05) is 31.2 Å². The molecule has 1 aliphatic heterocycles. The summed E-state index contributed by atoms with van der Waals surface area (Å²) < 4.78 is 25.7. The Balaban J connectivity index is 1.36. The molecule has 40 heavy (non-hydrogen) atoms. The number of halogens is 1. The number of hydrogen-bond donors (Lipinski definition) is 1. The Hall–Kier alpha value is -4.08. The molecule has 0 saturated carbocycles. The van der Waals surface area contributed by atoms with Gasteiger partial charge < -0.3 is 19.3 Å². The van der Waals surface area contributed by atoms with Crippen LogP contribution in [-0.4, -0.2) is 56.7 Å². The number of carboxylic acid groups (broad SMARTS) is 1. The van der Waals surface area contributed by atoms with E-state index < -0.39 is 29.4 Å². The maximum Gasteiger partial charge on any atom is 0.410 e. The topological polar surface area (TPSA) is 123 Å². The number of aliphatic carboxylic acids is 1. The minimum Gasteiger partial charge on any atom is -0.481 e. The summed E-state index contributed by atoms with van der Waals surface area (Å²) >= 11 is 0. The van der Waals surface area contributed by atoms with Gasteiger partial charge in [-0.2, -0.15) is 4.98 Å². The molecule has 2 aromatic carbocycles. The number of hydrogen-bond acceptors (Lipinski definition) is 7. The van der Waals surface area contributed by atoms with E-state index in [2.05, 4.69) is 10.1 Å². The Morgan fingerprint density at radius 1 is 1.12 bits per heavy atom. The SMILES string of the molecule is Cc1ccc(-c2nc(-c3ccc(CC(CC(=O)C4CCN(C(=O)OC(C)(C)C)CC4)C(=O)O)cc3F)no2)cc1. The number of rotatable bonds is 8. The fourth-order valence-electron chi connectivity index (χ4n) is 4.66. The van der Waals surface area contributed by atoms with Gasteiger partial charge in [-0.3, -0.25) is 9.59 Å². The second-order valence-corrected chi connectivity index (χ2v) is 11.3. The summed E-state index contributed by atoms with van der Waals surface area (Å²) in [6.07, 6.45) is 0.308. The lowest BCUT2D eigenvalue weighted by Crippen LogP contribution is -2.43. The number of likely N-dealkylation sites (tertiary alicyclic amines) is 1. The van der Waals surface area contributed by atoms with Gasteiger partial charge in [0.2, 0.25) is 5.82 Å². The van der Waals surface area contributed by atoms with Crippen LogP contribution in [0.25, 0.3) is 22.8 Å². The number of amides is 1. The molecule has 212 valence electrons. The number of benzene rings is 2. The van der Waals surface area contributed by atoms with E-state index in [1.54, 1.807) is 31.7 Å². The summed E-state index contributed by atoms with van der Waals surface area (Å²) in [5.41, 5.74) is 1.77. The van der Waals surface area contributed by atoms with Crippen molar-refractivity contribution in [3.63, 3.8) is 0 Å². The van der Waals surface area contributed by atoms with Crippen LogP contribution in [0.3, 0.4) is 0 Å². The second kappa shape index (κ2) is 12.0. The number of carbonyl (C=O) groups excluding carboxylic acids is 2. The molecule has 10 heteroatoms. The van der Waals surface area contributed by atoms with Gasteiger partial charge in [-0.25, -0.2) is 9.18 Å². The molecule has 0 radical (unpaired) electrons. The van der Waals surface area contributed by atoms with Crippen molar-refractivity contribution in [2.24, 2.45) is 11.8 Å². The smallest absolute Gasteiger partial charge is 0.410 e. The third-order valence-electron chi connectivity index (χ3n) is 6.88. The van der Waals surface area contributed by atoms with Gasteiger partial charge in [-0.1, -0.05) is 28.9 Å². The largest absolute Gasteiger partial charge is 0.481 e. The van der Waals surface area contributed by atoms with Gasteiger partial charge in [0.25, 0.3) is 5.89 Å². The Labute approximate surface area is 232 Å². The summed E-state index contributed by atoms with van der Waals surface area (Å²) in [5.74, 6) is -2.88. The average Bonchev–Trinajstić information content (AvgIpc) is 3.37. The molecule has 9 nitrogen and oxygen atoms in total. The predicted molar refractivity (Wildman–Crippen MR) is 145 cm³/mol. The summed E-state index contributed by atoms with van der Waals surface area (Å²) in [7, 11) is 0. The van der Waals surface area contributed by atoms with Crippen molar-refractivity contribution in [3.05, 3.63) is 59.4 Å². The molecular weight excluding hydrogens is 517 g/mol. The zero-order chi connectivity index (χ0) is 29.0. The summed E-state index contributed by atoms with van der Waals surface area (Å²) in [4.78, 5) is 43.1. The van der Waals surface area contributed by atoms with Crippen LogP contribution in [0.15, 0.2) is 47.0 Å². The summed E-state index contributed by atoms with van der Waals surface area (Å²) in [6, 6.07) is 11.8. The normalized spacial score (nSPS) is 15.1. The molecule has 1 amide bonds. The van der Waals surface area contributed by atoms with Crippen LogP contribution in [0.4, 0.5) is 9.18 Å². The monoisotopic (exact) mass is 551 g/mol. The van der Waals surface area contributed by atoms with Crippen molar-refractivity contribution < 1.29 is 33.1 Å². The van der Waals surface area contributed by atoms with Gasteiger partial charge in [0, 0.05) is 31.0 Å². The maximum absolute atomic E-state index is 15.0. The number of ketones is 1. The third kappa shape index (κ3) is 7.31. The molecular formula is C30H34FN3O6. The quantitative estimate of drug-likeness (QED) is 0.378. The van der Waals surface area contributed by atoms with E-state index in [4.69, 9.17) is 9.26 Å². The molecule has 3 aromatic rings. The van der Waals surface area contributed by atoms with E-state index in [0.717, 1.165) is 5.56 Å². The maximum atomic E-state index is 15.0. The van der Waals surface area contributed by atoms with Crippen LogP contribution >= 0.6 is 0 Å². The Morgan fingerprint density at radius 3 is 2.40 bits per heavy atom. The molecule has 0 bridgehead atoms. The number of ether oxygens (including phenoxy) is 1. The molecule has 1 unspecified atom stereocenters. The molecule has 1 saturated heterocycles. The third-order valence-corrected chi connectivity index (χ3v) is 6.88. The number of nitrogens with zero attached hydrogens (tertiary/aromatic N) is 3. The van der Waals surface area contributed by atoms with Crippen molar-refractivity contribution in [1.82, 2.24) is 15.0 Å². The molecule has 1 atom stereocenters. The highest BCUT2D eigenvalue weighted by atomic mass is 19.1. The standard InChI is InChI=1S/C30H34FN3O6/c1-18-5-8-21(9-6-18)27-32-26(33-40-27)23-10-7-19(16-24(23)31)15-22(28(36)37)17-25(35)20-11-13-34(14-12-20)29(38)39-30(2,3)4/h5-10,16,20,22H,11-15,17H2,1-4H3,(H,36,37). The number of Topliss-reactive ketones (excluding diaryl/α,β-unsaturated/α-hetero) is 1. The first-order valence-corrected chi connectivity index (χ1v) is 13.3. The minimum absolute atomic E-state index is 0.00408. The minimum atomic E-state index is -1.12. The van der Waals surface area contributed by atoms with E-state index in [0.29, 0.717) is 37.1 Å². The molecule has 2 heterocycles. The highest BCUT2D eigenvalue weighted by Crippen LogP contribution is 2.28. The van der Waals surface area contributed by atoms with Crippen LogP contribution in [0.5, 0.6) is 0 Å². The van der Waals surface area contributed by atoms with Gasteiger partial charge in [0.15, 0.2) is 0 Å². The lowest BCUT2D eigenvalue weighted by atomic mass is 9.85. The molecule has 1 N–H and O–H groups in total. The van der Waals surface area contributed by atoms with Gasteiger partial charge in [-0.15, -0.1) is 0 Å². The predicted octanol–water partition coefficient (Wildman–Crippen LogP) is 5.70. The van der Waals surface area contributed by atoms with Crippen molar-refractivity contribution in [2.75, 3.05) is 13.1 Å².